The van der Waals surface area contributed by atoms with Gasteiger partial charge in [0.1, 0.15) is 11.6 Å². The van der Waals surface area contributed by atoms with Gasteiger partial charge in [-0.25, -0.2) is 9.67 Å². The molecule has 3 atom stereocenters. The molecule has 3 unspecified atom stereocenters. The van der Waals surface area contributed by atoms with Crippen LogP contribution >= 0.6 is 0 Å². The first-order valence-corrected chi connectivity index (χ1v) is 5.65. The Morgan fingerprint density at radius 1 is 1.33 bits per heavy atom. The van der Waals surface area contributed by atoms with E-state index in [1.165, 1.54) is 0 Å². The van der Waals surface area contributed by atoms with Gasteiger partial charge in [0.2, 0.25) is 0 Å². The molecular formula is C11H19N3O. The summed E-state index contributed by atoms with van der Waals surface area (Å²) in [6.45, 7) is 6.12. The van der Waals surface area contributed by atoms with Crippen LogP contribution in [0, 0.1) is 19.8 Å². The Kier molecular flexibility index (Phi) is 2.78. The summed E-state index contributed by atoms with van der Waals surface area (Å²) < 4.78 is 1.99. The fourth-order valence-electron chi connectivity index (χ4n) is 2.47. The minimum absolute atomic E-state index is 0.171. The molecule has 0 aliphatic heterocycles. The van der Waals surface area contributed by atoms with Crippen molar-refractivity contribution in [1.82, 2.24) is 14.8 Å². The number of rotatable bonds is 1. The van der Waals surface area contributed by atoms with Crippen molar-refractivity contribution in [3.63, 3.8) is 0 Å². The highest BCUT2D eigenvalue weighted by Gasteiger charge is 2.29. The average molecular weight is 209 g/mol. The van der Waals surface area contributed by atoms with Gasteiger partial charge in [-0.3, -0.25) is 0 Å². The number of aryl methyl sites for hydroxylation is 2. The summed E-state index contributed by atoms with van der Waals surface area (Å²) in [6, 6.07) is 0.315. The fourth-order valence-corrected chi connectivity index (χ4v) is 2.47. The van der Waals surface area contributed by atoms with Gasteiger partial charge in [-0.05, 0) is 39.0 Å². The minimum Gasteiger partial charge on any atom is -0.393 e. The molecule has 0 radical (unpaired) electrons. The molecule has 1 aliphatic rings. The summed E-state index contributed by atoms with van der Waals surface area (Å²) in [5, 5.41) is 14.1. The van der Waals surface area contributed by atoms with E-state index in [1.54, 1.807) is 0 Å². The molecule has 4 heteroatoms. The first kappa shape index (κ1) is 10.6. The second kappa shape index (κ2) is 3.93. The number of aromatic nitrogens is 3. The van der Waals surface area contributed by atoms with Crippen molar-refractivity contribution in [2.45, 2.75) is 52.2 Å². The van der Waals surface area contributed by atoms with E-state index in [0.29, 0.717) is 12.0 Å². The van der Waals surface area contributed by atoms with Crippen LogP contribution in [0.5, 0.6) is 0 Å². The molecule has 4 nitrogen and oxygen atoms in total. The number of aliphatic hydroxyl groups is 1. The summed E-state index contributed by atoms with van der Waals surface area (Å²) in [5.74, 6) is 2.35. The van der Waals surface area contributed by atoms with E-state index >= 15 is 0 Å². The van der Waals surface area contributed by atoms with Crippen molar-refractivity contribution in [3.05, 3.63) is 11.6 Å². The number of aliphatic hydroxyl groups excluding tert-OH is 1. The molecule has 0 aromatic carbocycles. The molecule has 1 heterocycles. The zero-order valence-corrected chi connectivity index (χ0v) is 9.64. The van der Waals surface area contributed by atoms with Crippen LogP contribution in [-0.2, 0) is 0 Å². The van der Waals surface area contributed by atoms with Crippen LogP contribution in [0.3, 0.4) is 0 Å². The predicted octanol–water partition coefficient (Wildman–Crippen LogP) is 1.62. The second-order valence-corrected chi connectivity index (χ2v) is 4.66. The summed E-state index contributed by atoms with van der Waals surface area (Å²) in [7, 11) is 0. The maximum Gasteiger partial charge on any atom is 0.147 e. The Hall–Kier alpha value is -0.900. The molecule has 2 rings (SSSR count). The third-order valence-electron chi connectivity index (χ3n) is 3.35. The quantitative estimate of drug-likeness (QED) is 0.764. The fraction of sp³-hybridized carbons (Fsp3) is 0.818. The molecule has 1 N–H and O–H groups in total. The highest BCUT2D eigenvalue weighted by molar-refractivity contribution is 4.93. The summed E-state index contributed by atoms with van der Waals surface area (Å²) in [4.78, 5) is 4.32. The van der Waals surface area contributed by atoms with Gasteiger partial charge in [0.25, 0.3) is 0 Å². The van der Waals surface area contributed by atoms with Gasteiger partial charge in [-0.15, -0.1) is 0 Å². The van der Waals surface area contributed by atoms with Crippen molar-refractivity contribution in [2.24, 2.45) is 5.92 Å². The molecule has 1 fully saturated rings. The SMILES string of the molecule is Cc1nc(C)n(C2CC(O)CCC2C)n1. The van der Waals surface area contributed by atoms with Gasteiger partial charge in [0.05, 0.1) is 12.1 Å². The Bertz CT molecular complexity index is 348. The van der Waals surface area contributed by atoms with E-state index in [2.05, 4.69) is 17.0 Å². The topological polar surface area (TPSA) is 50.9 Å². The highest BCUT2D eigenvalue weighted by atomic mass is 16.3. The Morgan fingerprint density at radius 2 is 2.07 bits per heavy atom. The summed E-state index contributed by atoms with van der Waals surface area (Å²) in [5.41, 5.74) is 0. The average Bonchev–Trinajstić information content (AvgIpc) is 2.50. The smallest absolute Gasteiger partial charge is 0.147 e. The lowest BCUT2D eigenvalue weighted by Crippen LogP contribution is -2.30. The maximum absolute atomic E-state index is 9.69. The van der Waals surface area contributed by atoms with E-state index in [-0.39, 0.29) is 6.10 Å². The molecule has 0 spiro atoms. The minimum atomic E-state index is -0.171. The van der Waals surface area contributed by atoms with E-state index in [1.807, 2.05) is 18.5 Å². The summed E-state index contributed by atoms with van der Waals surface area (Å²) >= 11 is 0. The first-order chi connectivity index (χ1) is 7.08. The van der Waals surface area contributed by atoms with Gasteiger partial charge in [0.15, 0.2) is 0 Å². The van der Waals surface area contributed by atoms with Crippen LogP contribution in [0.1, 0.15) is 43.9 Å². The Labute approximate surface area is 90.3 Å². The molecular weight excluding hydrogens is 190 g/mol. The highest BCUT2D eigenvalue weighted by Crippen LogP contribution is 2.33. The molecule has 84 valence electrons. The third kappa shape index (κ3) is 2.04. The lowest BCUT2D eigenvalue weighted by atomic mass is 9.84. The Balaban J connectivity index is 2.24. The molecule has 0 saturated heterocycles. The van der Waals surface area contributed by atoms with Gasteiger partial charge in [0, 0.05) is 0 Å². The van der Waals surface area contributed by atoms with Gasteiger partial charge in [-0.1, -0.05) is 6.92 Å². The lowest BCUT2D eigenvalue weighted by molar-refractivity contribution is 0.0725. The van der Waals surface area contributed by atoms with Gasteiger partial charge >= 0.3 is 0 Å². The molecule has 1 aromatic rings. The lowest BCUT2D eigenvalue weighted by Gasteiger charge is -2.32. The van der Waals surface area contributed by atoms with Crippen LogP contribution in [0.2, 0.25) is 0 Å². The zero-order valence-electron chi connectivity index (χ0n) is 9.64. The van der Waals surface area contributed by atoms with Crippen LogP contribution in [-0.4, -0.2) is 26.0 Å². The number of hydrogen-bond acceptors (Lipinski definition) is 3. The van der Waals surface area contributed by atoms with Gasteiger partial charge < -0.3 is 5.11 Å². The maximum atomic E-state index is 9.69. The largest absolute Gasteiger partial charge is 0.393 e. The first-order valence-electron chi connectivity index (χ1n) is 5.65. The van der Waals surface area contributed by atoms with Crippen LogP contribution in [0.25, 0.3) is 0 Å². The zero-order chi connectivity index (χ0) is 11.0. The second-order valence-electron chi connectivity index (χ2n) is 4.66. The summed E-state index contributed by atoms with van der Waals surface area (Å²) in [6.07, 6.45) is 2.63. The van der Waals surface area contributed by atoms with Crippen molar-refractivity contribution in [3.8, 4) is 0 Å². The van der Waals surface area contributed by atoms with E-state index in [9.17, 15) is 5.11 Å². The van der Waals surface area contributed by atoms with Crippen LogP contribution in [0.4, 0.5) is 0 Å². The van der Waals surface area contributed by atoms with Crippen LogP contribution < -0.4 is 0 Å². The van der Waals surface area contributed by atoms with Crippen molar-refractivity contribution in [1.29, 1.82) is 0 Å². The molecule has 1 saturated carbocycles. The Morgan fingerprint density at radius 3 is 2.67 bits per heavy atom. The van der Waals surface area contributed by atoms with Crippen molar-refractivity contribution in [2.75, 3.05) is 0 Å². The van der Waals surface area contributed by atoms with Crippen LogP contribution in [0.15, 0.2) is 0 Å². The molecule has 1 aromatic heterocycles. The van der Waals surface area contributed by atoms with E-state index < -0.39 is 0 Å². The van der Waals surface area contributed by atoms with E-state index in [4.69, 9.17) is 0 Å². The molecule has 0 amide bonds. The number of hydrogen-bond donors (Lipinski definition) is 1. The van der Waals surface area contributed by atoms with E-state index in [0.717, 1.165) is 30.9 Å². The molecule has 0 bridgehead atoms. The molecule has 15 heavy (non-hydrogen) atoms. The normalized spacial score (nSPS) is 31.9. The predicted molar refractivity (Wildman–Crippen MR) is 57.6 cm³/mol. The van der Waals surface area contributed by atoms with Gasteiger partial charge in [-0.2, -0.15) is 5.10 Å². The third-order valence-corrected chi connectivity index (χ3v) is 3.35. The molecule has 1 aliphatic carbocycles. The van der Waals surface area contributed by atoms with Crippen molar-refractivity contribution >= 4 is 0 Å². The standard InChI is InChI=1S/C11H19N3O/c1-7-4-5-10(15)6-11(7)14-9(3)12-8(2)13-14/h7,10-11,15H,4-6H2,1-3H3. The monoisotopic (exact) mass is 209 g/mol. The number of nitrogens with zero attached hydrogens (tertiary/aromatic N) is 3. The van der Waals surface area contributed by atoms with Crippen molar-refractivity contribution < 1.29 is 5.11 Å².